The average molecular weight is 252 g/mol. The Morgan fingerprint density at radius 2 is 1.89 bits per heavy atom. The fourth-order valence-electron chi connectivity index (χ4n) is 1.20. The van der Waals surface area contributed by atoms with E-state index in [1.165, 1.54) is 6.08 Å². The van der Waals surface area contributed by atoms with Crippen molar-refractivity contribution in [2.24, 2.45) is 0 Å². The summed E-state index contributed by atoms with van der Waals surface area (Å²) < 4.78 is 9.66. The molecule has 1 aromatic rings. The van der Waals surface area contributed by atoms with Gasteiger partial charge in [0, 0.05) is 0 Å². The summed E-state index contributed by atoms with van der Waals surface area (Å²) in [5.41, 5.74) is 0.712. The van der Waals surface area contributed by atoms with Gasteiger partial charge in [0.25, 0.3) is 0 Å². The fraction of sp³-hybridized carbons (Fsp3) is 0.308. The number of hydrogen-bond acceptors (Lipinski definition) is 5. The van der Waals surface area contributed by atoms with Crippen LogP contribution in [0.2, 0.25) is 0 Å². The lowest BCUT2D eigenvalue weighted by atomic mass is 10.2. The zero-order valence-corrected chi connectivity index (χ0v) is 9.91. The second-order valence-corrected chi connectivity index (χ2v) is 3.41. The van der Waals surface area contributed by atoms with Gasteiger partial charge in [-0.25, -0.2) is 4.79 Å². The first-order valence-corrected chi connectivity index (χ1v) is 5.55. The minimum atomic E-state index is -0.800. The Hall–Kier alpha value is -1.85. The highest BCUT2D eigenvalue weighted by Crippen LogP contribution is 2.05. The van der Waals surface area contributed by atoms with E-state index < -0.39 is 11.7 Å². The van der Waals surface area contributed by atoms with Crippen LogP contribution in [0.4, 0.5) is 0 Å². The van der Waals surface area contributed by atoms with E-state index in [0.29, 0.717) is 5.56 Å². The first-order chi connectivity index (χ1) is 8.74. The highest BCUT2D eigenvalue weighted by molar-refractivity contribution is 5.90. The van der Waals surface area contributed by atoms with Crippen LogP contribution in [-0.2, 0) is 14.3 Å². The number of ether oxygens (including phenoxy) is 2. The summed E-state index contributed by atoms with van der Waals surface area (Å²) in [6.07, 6.45) is 1.33. The number of aliphatic hydroxyl groups excluding tert-OH is 2. The average Bonchev–Trinajstić information content (AvgIpc) is 2.39. The fourth-order valence-corrected chi connectivity index (χ4v) is 1.20. The molecule has 0 aliphatic heterocycles. The minimum Gasteiger partial charge on any atom is -0.502 e. The van der Waals surface area contributed by atoms with Crippen molar-refractivity contribution in [2.75, 3.05) is 26.4 Å². The van der Waals surface area contributed by atoms with Gasteiger partial charge >= 0.3 is 5.97 Å². The third-order valence-electron chi connectivity index (χ3n) is 2.01. The number of esters is 1. The summed E-state index contributed by atoms with van der Waals surface area (Å²) in [4.78, 5) is 11.3. The van der Waals surface area contributed by atoms with Gasteiger partial charge in [0.1, 0.15) is 6.61 Å². The second-order valence-electron chi connectivity index (χ2n) is 3.41. The van der Waals surface area contributed by atoms with E-state index >= 15 is 0 Å². The zero-order valence-electron chi connectivity index (χ0n) is 9.91. The van der Waals surface area contributed by atoms with Crippen LogP contribution >= 0.6 is 0 Å². The summed E-state index contributed by atoms with van der Waals surface area (Å²) >= 11 is 0. The number of rotatable bonds is 7. The predicted molar refractivity (Wildman–Crippen MR) is 65.9 cm³/mol. The van der Waals surface area contributed by atoms with Crippen LogP contribution in [0.25, 0.3) is 6.08 Å². The van der Waals surface area contributed by atoms with Crippen LogP contribution in [0, 0.1) is 0 Å². The molecule has 0 bridgehead atoms. The number of carbonyl (C=O) groups is 1. The molecule has 0 amide bonds. The van der Waals surface area contributed by atoms with E-state index in [1.807, 2.05) is 6.07 Å². The van der Waals surface area contributed by atoms with E-state index in [-0.39, 0.29) is 26.4 Å². The van der Waals surface area contributed by atoms with Gasteiger partial charge in [0.2, 0.25) is 5.76 Å². The molecular weight excluding hydrogens is 236 g/mol. The van der Waals surface area contributed by atoms with Gasteiger partial charge in [-0.3, -0.25) is 0 Å². The zero-order chi connectivity index (χ0) is 13.2. The van der Waals surface area contributed by atoms with Gasteiger partial charge < -0.3 is 19.7 Å². The van der Waals surface area contributed by atoms with Crippen molar-refractivity contribution in [3.05, 3.63) is 41.7 Å². The molecule has 0 aliphatic rings. The highest BCUT2D eigenvalue weighted by atomic mass is 16.6. The van der Waals surface area contributed by atoms with Gasteiger partial charge in [-0.05, 0) is 11.6 Å². The van der Waals surface area contributed by atoms with Crippen molar-refractivity contribution in [3.8, 4) is 0 Å². The van der Waals surface area contributed by atoms with E-state index in [2.05, 4.69) is 0 Å². The predicted octanol–water partition coefficient (Wildman–Crippen LogP) is 1.14. The lowest BCUT2D eigenvalue weighted by Crippen LogP contribution is -2.13. The van der Waals surface area contributed by atoms with Crippen molar-refractivity contribution < 1.29 is 24.5 Å². The second kappa shape index (κ2) is 8.27. The summed E-state index contributed by atoms with van der Waals surface area (Å²) in [6.45, 7) is 0.340. The van der Waals surface area contributed by atoms with E-state index in [0.717, 1.165) is 0 Å². The summed E-state index contributed by atoms with van der Waals surface area (Å²) in [5.74, 6) is -1.25. The summed E-state index contributed by atoms with van der Waals surface area (Å²) in [6, 6.07) is 8.95. The maximum Gasteiger partial charge on any atom is 0.373 e. The molecule has 0 aromatic heterocycles. The molecule has 0 saturated heterocycles. The SMILES string of the molecule is O=C(OCCOCCO)C(O)=Cc1ccccc1. The van der Waals surface area contributed by atoms with E-state index in [1.54, 1.807) is 24.3 Å². The summed E-state index contributed by atoms with van der Waals surface area (Å²) in [5, 5.41) is 17.9. The molecular formula is C13H16O5. The number of benzene rings is 1. The van der Waals surface area contributed by atoms with Crippen molar-refractivity contribution in [1.29, 1.82) is 0 Å². The van der Waals surface area contributed by atoms with Crippen LogP contribution in [-0.4, -0.2) is 42.6 Å². The van der Waals surface area contributed by atoms with Crippen LogP contribution in [0.1, 0.15) is 5.56 Å². The van der Waals surface area contributed by atoms with Gasteiger partial charge in [0.15, 0.2) is 0 Å². The Balaban J connectivity index is 2.35. The Morgan fingerprint density at radius 3 is 2.56 bits per heavy atom. The molecule has 2 N–H and O–H groups in total. The van der Waals surface area contributed by atoms with Crippen LogP contribution in [0.5, 0.6) is 0 Å². The van der Waals surface area contributed by atoms with Crippen LogP contribution < -0.4 is 0 Å². The van der Waals surface area contributed by atoms with E-state index in [4.69, 9.17) is 14.6 Å². The molecule has 0 unspecified atom stereocenters. The maximum atomic E-state index is 11.3. The first kappa shape index (κ1) is 14.2. The monoisotopic (exact) mass is 252 g/mol. The third-order valence-corrected chi connectivity index (χ3v) is 2.01. The molecule has 0 heterocycles. The maximum absolute atomic E-state index is 11.3. The molecule has 0 saturated carbocycles. The van der Waals surface area contributed by atoms with Gasteiger partial charge in [0.05, 0.1) is 19.8 Å². The van der Waals surface area contributed by atoms with E-state index in [9.17, 15) is 9.90 Å². The smallest absolute Gasteiger partial charge is 0.373 e. The molecule has 0 aliphatic carbocycles. The molecule has 0 fully saturated rings. The Kier molecular flexibility index (Phi) is 6.53. The Bertz CT molecular complexity index is 386. The Morgan fingerprint density at radius 1 is 1.17 bits per heavy atom. The first-order valence-electron chi connectivity index (χ1n) is 5.55. The van der Waals surface area contributed by atoms with Gasteiger partial charge in [-0.15, -0.1) is 0 Å². The molecule has 0 radical (unpaired) electrons. The molecule has 98 valence electrons. The van der Waals surface area contributed by atoms with Crippen molar-refractivity contribution >= 4 is 12.0 Å². The molecule has 1 rings (SSSR count). The quantitative estimate of drug-likeness (QED) is 0.329. The molecule has 5 heteroatoms. The lowest BCUT2D eigenvalue weighted by molar-refractivity contribution is -0.143. The molecule has 1 aromatic carbocycles. The Labute approximate surface area is 105 Å². The topological polar surface area (TPSA) is 76.0 Å². The summed E-state index contributed by atoms with van der Waals surface area (Å²) in [7, 11) is 0. The third kappa shape index (κ3) is 5.47. The van der Waals surface area contributed by atoms with Gasteiger partial charge in [-0.1, -0.05) is 30.3 Å². The normalized spacial score (nSPS) is 11.3. The molecule has 5 nitrogen and oxygen atoms in total. The standard InChI is InChI=1S/C13H16O5/c14-6-7-17-8-9-18-13(16)12(15)10-11-4-2-1-3-5-11/h1-5,10,14-15H,6-9H2. The van der Waals surface area contributed by atoms with Crippen LogP contribution in [0.15, 0.2) is 36.1 Å². The number of hydrogen-bond donors (Lipinski definition) is 2. The number of carbonyl (C=O) groups excluding carboxylic acids is 1. The van der Waals surface area contributed by atoms with Crippen molar-refractivity contribution in [3.63, 3.8) is 0 Å². The minimum absolute atomic E-state index is 0.0333. The van der Waals surface area contributed by atoms with Gasteiger partial charge in [-0.2, -0.15) is 0 Å². The molecule has 0 spiro atoms. The molecule has 18 heavy (non-hydrogen) atoms. The van der Waals surface area contributed by atoms with Crippen molar-refractivity contribution in [1.82, 2.24) is 0 Å². The van der Waals surface area contributed by atoms with Crippen molar-refractivity contribution in [2.45, 2.75) is 0 Å². The largest absolute Gasteiger partial charge is 0.502 e. The lowest BCUT2D eigenvalue weighted by Gasteiger charge is -2.04. The highest BCUT2D eigenvalue weighted by Gasteiger charge is 2.08. The van der Waals surface area contributed by atoms with Crippen LogP contribution in [0.3, 0.4) is 0 Å². The molecule has 0 atom stereocenters. The number of aliphatic hydroxyl groups is 2.